The van der Waals surface area contributed by atoms with Crippen LogP contribution in [0.1, 0.15) is 26.7 Å². The minimum absolute atomic E-state index is 0.170. The van der Waals surface area contributed by atoms with Gasteiger partial charge in [-0.05, 0) is 32.9 Å². The van der Waals surface area contributed by atoms with E-state index < -0.39 is 0 Å². The number of carbonyl (C=O) groups excluding carboxylic acids is 1. The molecule has 1 rings (SSSR count). The summed E-state index contributed by atoms with van der Waals surface area (Å²) >= 11 is 0. The Bertz CT molecular complexity index is 201. The van der Waals surface area contributed by atoms with Crippen LogP contribution in [0.2, 0.25) is 0 Å². The van der Waals surface area contributed by atoms with E-state index in [-0.39, 0.29) is 11.3 Å². The van der Waals surface area contributed by atoms with Gasteiger partial charge in [0.05, 0.1) is 6.61 Å². The summed E-state index contributed by atoms with van der Waals surface area (Å²) in [4.78, 5) is 11.9. The lowest BCUT2D eigenvalue weighted by atomic mass is 9.80. The van der Waals surface area contributed by atoms with Crippen LogP contribution in [-0.2, 0) is 9.53 Å². The van der Waals surface area contributed by atoms with Crippen molar-refractivity contribution in [1.82, 2.24) is 10.6 Å². The number of rotatable bonds is 5. The lowest BCUT2D eigenvalue weighted by Crippen LogP contribution is -2.46. The van der Waals surface area contributed by atoms with Gasteiger partial charge >= 0.3 is 0 Å². The number of hydrogen-bond donors (Lipinski definition) is 2. The first-order valence-electron chi connectivity index (χ1n) is 5.76. The van der Waals surface area contributed by atoms with Gasteiger partial charge in [-0.2, -0.15) is 0 Å². The Morgan fingerprint density at radius 2 is 2.13 bits per heavy atom. The fraction of sp³-hybridized carbons (Fsp3) is 0.909. The number of carbonyl (C=O) groups is 1. The Hall–Kier alpha value is -0.610. The number of amides is 1. The fourth-order valence-electron chi connectivity index (χ4n) is 1.80. The van der Waals surface area contributed by atoms with Crippen molar-refractivity contribution in [2.75, 3.05) is 32.8 Å². The van der Waals surface area contributed by atoms with Gasteiger partial charge < -0.3 is 15.4 Å². The van der Waals surface area contributed by atoms with Crippen LogP contribution in [0.25, 0.3) is 0 Å². The molecule has 88 valence electrons. The highest BCUT2D eigenvalue weighted by molar-refractivity contribution is 5.82. The van der Waals surface area contributed by atoms with Crippen molar-refractivity contribution >= 4 is 5.91 Å². The average molecular weight is 214 g/mol. The molecule has 0 saturated carbocycles. The SMILES string of the molecule is CCOCCNC(=O)C1(C)CCNCC1. The van der Waals surface area contributed by atoms with Gasteiger partial charge in [0.1, 0.15) is 0 Å². The first-order chi connectivity index (χ1) is 7.19. The molecule has 0 bridgehead atoms. The van der Waals surface area contributed by atoms with Crippen LogP contribution in [-0.4, -0.2) is 38.8 Å². The Morgan fingerprint density at radius 3 is 2.73 bits per heavy atom. The Balaban J connectivity index is 2.25. The van der Waals surface area contributed by atoms with Crippen LogP contribution in [0.4, 0.5) is 0 Å². The van der Waals surface area contributed by atoms with E-state index in [4.69, 9.17) is 4.74 Å². The largest absolute Gasteiger partial charge is 0.380 e. The molecule has 0 aliphatic carbocycles. The molecule has 0 atom stereocenters. The molecule has 0 aromatic heterocycles. The first-order valence-corrected chi connectivity index (χ1v) is 5.76. The monoisotopic (exact) mass is 214 g/mol. The van der Waals surface area contributed by atoms with Crippen LogP contribution >= 0.6 is 0 Å². The van der Waals surface area contributed by atoms with Crippen molar-refractivity contribution in [1.29, 1.82) is 0 Å². The summed E-state index contributed by atoms with van der Waals surface area (Å²) in [6, 6.07) is 0. The van der Waals surface area contributed by atoms with Gasteiger partial charge in [-0.15, -0.1) is 0 Å². The summed E-state index contributed by atoms with van der Waals surface area (Å²) < 4.78 is 5.18. The van der Waals surface area contributed by atoms with E-state index in [1.165, 1.54) is 0 Å². The predicted molar refractivity (Wildman–Crippen MR) is 59.7 cm³/mol. The molecule has 1 aliphatic heterocycles. The van der Waals surface area contributed by atoms with Gasteiger partial charge in [0.2, 0.25) is 5.91 Å². The molecule has 1 saturated heterocycles. The normalized spacial score (nSPS) is 19.9. The second-order valence-corrected chi connectivity index (χ2v) is 4.26. The number of piperidine rings is 1. The van der Waals surface area contributed by atoms with E-state index in [0.717, 1.165) is 25.9 Å². The van der Waals surface area contributed by atoms with E-state index in [9.17, 15) is 4.79 Å². The second kappa shape index (κ2) is 6.08. The third-order valence-corrected chi connectivity index (χ3v) is 2.99. The molecule has 1 amide bonds. The van der Waals surface area contributed by atoms with Crippen LogP contribution in [0.15, 0.2) is 0 Å². The zero-order valence-corrected chi connectivity index (χ0v) is 9.77. The fourth-order valence-corrected chi connectivity index (χ4v) is 1.80. The molecule has 2 N–H and O–H groups in total. The zero-order chi connectivity index (χ0) is 11.1. The summed E-state index contributed by atoms with van der Waals surface area (Å²) in [5.41, 5.74) is -0.183. The molecule has 4 heteroatoms. The smallest absolute Gasteiger partial charge is 0.226 e. The van der Waals surface area contributed by atoms with Crippen molar-refractivity contribution in [2.45, 2.75) is 26.7 Å². The molecule has 0 radical (unpaired) electrons. The van der Waals surface area contributed by atoms with Gasteiger partial charge in [-0.25, -0.2) is 0 Å². The summed E-state index contributed by atoms with van der Waals surface area (Å²) in [5, 5.41) is 6.20. The molecule has 0 spiro atoms. The number of ether oxygens (including phenoxy) is 1. The summed E-state index contributed by atoms with van der Waals surface area (Å²) in [6.07, 6.45) is 1.85. The highest BCUT2D eigenvalue weighted by Gasteiger charge is 2.33. The highest BCUT2D eigenvalue weighted by Crippen LogP contribution is 2.27. The van der Waals surface area contributed by atoms with Crippen LogP contribution in [0.5, 0.6) is 0 Å². The zero-order valence-electron chi connectivity index (χ0n) is 9.77. The summed E-state index contributed by atoms with van der Waals surface area (Å²) in [5.74, 6) is 0.170. The van der Waals surface area contributed by atoms with Gasteiger partial charge in [-0.3, -0.25) is 4.79 Å². The maximum atomic E-state index is 11.9. The third kappa shape index (κ3) is 3.80. The number of nitrogens with one attached hydrogen (secondary N) is 2. The molecule has 15 heavy (non-hydrogen) atoms. The molecule has 1 aliphatic rings. The second-order valence-electron chi connectivity index (χ2n) is 4.26. The minimum Gasteiger partial charge on any atom is -0.380 e. The quantitative estimate of drug-likeness (QED) is 0.656. The van der Waals surface area contributed by atoms with Crippen LogP contribution < -0.4 is 10.6 Å². The summed E-state index contributed by atoms with van der Waals surface area (Å²) in [7, 11) is 0. The minimum atomic E-state index is -0.183. The molecule has 4 nitrogen and oxygen atoms in total. The highest BCUT2D eigenvalue weighted by atomic mass is 16.5. The van der Waals surface area contributed by atoms with Gasteiger partial charge in [0, 0.05) is 18.6 Å². The van der Waals surface area contributed by atoms with Gasteiger partial charge in [-0.1, -0.05) is 6.92 Å². The molecule has 1 fully saturated rings. The maximum absolute atomic E-state index is 11.9. The average Bonchev–Trinajstić information content (AvgIpc) is 2.25. The van der Waals surface area contributed by atoms with Gasteiger partial charge in [0.25, 0.3) is 0 Å². The van der Waals surface area contributed by atoms with Crippen molar-refractivity contribution in [3.63, 3.8) is 0 Å². The van der Waals surface area contributed by atoms with E-state index in [0.29, 0.717) is 19.8 Å². The van der Waals surface area contributed by atoms with Crippen molar-refractivity contribution in [3.05, 3.63) is 0 Å². The van der Waals surface area contributed by atoms with Crippen LogP contribution in [0.3, 0.4) is 0 Å². The van der Waals surface area contributed by atoms with E-state index in [1.54, 1.807) is 0 Å². The van der Waals surface area contributed by atoms with E-state index in [2.05, 4.69) is 10.6 Å². The maximum Gasteiger partial charge on any atom is 0.226 e. The molecular weight excluding hydrogens is 192 g/mol. The Kier molecular flexibility index (Phi) is 5.05. The van der Waals surface area contributed by atoms with Crippen molar-refractivity contribution in [3.8, 4) is 0 Å². The van der Waals surface area contributed by atoms with Crippen LogP contribution in [0, 0.1) is 5.41 Å². The molecule has 0 aromatic carbocycles. The third-order valence-electron chi connectivity index (χ3n) is 2.99. The molecule has 0 unspecified atom stereocenters. The van der Waals surface area contributed by atoms with Crippen molar-refractivity contribution in [2.24, 2.45) is 5.41 Å². The predicted octanol–water partition coefficient (Wildman–Crippen LogP) is 0.529. The molecule has 1 heterocycles. The van der Waals surface area contributed by atoms with Crippen molar-refractivity contribution < 1.29 is 9.53 Å². The van der Waals surface area contributed by atoms with E-state index in [1.807, 2.05) is 13.8 Å². The Morgan fingerprint density at radius 1 is 1.47 bits per heavy atom. The van der Waals surface area contributed by atoms with Gasteiger partial charge in [0.15, 0.2) is 0 Å². The lowest BCUT2D eigenvalue weighted by molar-refractivity contribution is -0.131. The Labute approximate surface area is 91.8 Å². The standard InChI is InChI=1S/C11H22N2O2/c1-3-15-9-8-13-10(14)11(2)4-6-12-7-5-11/h12H,3-9H2,1-2H3,(H,13,14). The topological polar surface area (TPSA) is 50.4 Å². The number of hydrogen-bond acceptors (Lipinski definition) is 3. The van der Waals surface area contributed by atoms with E-state index >= 15 is 0 Å². The first kappa shape index (κ1) is 12.5. The lowest BCUT2D eigenvalue weighted by Gasteiger charge is -2.32. The molecular formula is C11H22N2O2. The molecule has 0 aromatic rings. The summed E-state index contributed by atoms with van der Waals surface area (Å²) in [6.45, 7) is 7.81.